The van der Waals surface area contributed by atoms with Crippen molar-refractivity contribution in [3.05, 3.63) is 94.5 Å². The van der Waals surface area contributed by atoms with Gasteiger partial charge in [0.1, 0.15) is 5.75 Å². The molecule has 0 fully saturated rings. The Balaban J connectivity index is 1.91. The third-order valence-electron chi connectivity index (χ3n) is 3.98. The molecule has 0 spiro atoms. The molecule has 1 amide bonds. The lowest BCUT2D eigenvalue weighted by Gasteiger charge is -2.19. The quantitative estimate of drug-likeness (QED) is 0.487. The van der Waals surface area contributed by atoms with Gasteiger partial charge in [-0.2, -0.15) is 0 Å². The first kappa shape index (κ1) is 18.9. The molecule has 3 rings (SSSR count). The van der Waals surface area contributed by atoms with E-state index in [0.717, 1.165) is 0 Å². The monoisotopic (exact) mass is 378 g/mol. The lowest BCUT2D eigenvalue weighted by atomic mass is 10.1. The number of ether oxygens (including phenoxy) is 2. The molecular weight excluding hydrogens is 360 g/mol. The van der Waals surface area contributed by atoms with Crippen LogP contribution in [0.5, 0.6) is 11.5 Å². The maximum absolute atomic E-state index is 13.0. The molecule has 0 aliphatic rings. The summed E-state index contributed by atoms with van der Waals surface area (Å²) in [5.41, 5.74) is 0.884. The summed E-state index contributed by atoms with van der Waals surface area (Å²) < 4.78 is 11.0. The molecule has 7 nitrogen and oxygen atoms in total. The maximum Gasteiger partial charge on any atom is 0.310 e. The van der Waals surface area contributed by atoms with Gasteiger partial charge in [-0.3, -0.25) is 14.9 Å². The number of carbonyl (C=O) groups excluding carboxylic acids is 1. The van der Waals surface area contributed by atoms with Crippen molar-refractivity contribution in [1.29, 1.82) is 0 Å². The van der Waals surface area contributed by atoms with Gasteiger partial charge >= 0.3 is 5.69 Å². The first-order chi connectivity index (χ1) is 13.6. The summed E-state index contributed by atoms with van der Waals surface area (Å²) in [6, 6.07) is 21.6. The number of benzene rings is 3. The number of nitrogens with zero attached hydrogens (tertiary/aromatic N) is 1. The van der Waals surface area contributed by atoms with Gasteiger partial charge in [0.2, 0.25) is 6.10 Å². The number of para-hydroxylation sites is 2. The van der Waals surface area contributed by atoms with Crippen molar-refractivity contribution < 1.29 is 19.2 Å². The molecule has 0 aliphatic heterocycles. The Labute approximate surface area is 161 Å². The van der Waals surface area contributed by atoms with Crippen LogP contribution in [0.15, 0.2) is 78.9 Å². The van der Waals surface area contributed by atoms with E-state index in [9.17, 15) is 14.9 Å². The lowest BCUT2D eigenvalue weighted by molar-refractivity contribution is -0.386. The fourth-order valence-electron chi connectivity index (χ4n) is 2.64. The van der Waals surface area contributed by atoms with Gasteiger partial charge in [0, 0.05) is 23.4 Å². The number of anilines is 1. The molecule has 0 bridgehead atoms. The van der Waals surface area contributed by atoms with E-state index in [-0.39, 0.29) is 11.4 Å². The van der Waals surface area contributed by atoms with Gasteiger partial charge in [-0.25, -0.2) is 0 Å². The minimum Gasteiger partial charge on any atom is -0.497 e. The molecule has 0 aromatic heterocycles. The molecule has 0 saturated carbocycles. The Morgan fingerprint density at radius 1 is 1.00 bits per heavy atom. The van der Waals surface area contributed by atoms with Crippen molar-refractivity contribution in [2.24, 2.45) is 0 Å². The molecule has 3 aromatic rings. The summed E-state index contributed by atoms with van der Waals surface area (Å²) in [7, 11) is 1.53. The van der Waals surface area contributed by atoms with Crippen LogP contribution in [-0.4, -0.2) is 17.9 Å². The molecule has 0 heterocycles. The van der Waals surface area contributed by atoms with Crippen LogP contribution < -0.4 is 14.8 Å². The van der Waals surface area contributed by atoms with E-state index in [1.165, 1.54) is 19.2 Å². The van der Waals surface area contributed by atoms with Gasteiger partial charge in [-0.1, -0.05) is 48.5 Å². The SMILES string of the molecule is COc1cccc(NC(=O)[C@H](Oc2ccccc2[N+](=O)[O-])c2ccccc2)c1. The van der Waals surface area contributed by atoms with Gasteiger partial charge in [0.15, 0.2) is 5.75 Å². The van der Waals surface area contributed by atoms with Crippen molar-refractivity contribution in [3.63, 3.8) is 0 Å². The molecule has 1 N–H and O–H groups in total. The van der Waals surface area contributed by atoms with E-state index in [0.29, 0.717) is 17.0 Å². The number of carbonyl (C=O) groups is 1. The summed E-state index contributed by atoms with van der Waals surface area (Å²) in [5, 5.41) is 14.1. The average Bonchev–Trinajstić information content (AvgIpc) is 2.72. The standard InChI is InChI=1S/C21H18N2O5/c1-27-17-11-7-10-16(14-17)22-21(24)20(15-8-3-2-4-9-15)28-19-13-6-5-12-18(19)23(25)26/h2-14,20H,1H3,(H,22,24)/t20-/m1/s1. The second kappa shape index (κ2) is 8.68. The number of hydrogen-bond acceptors (Lipinski definition) is 5. The summed E-state index contributed by atoms with van der Waals surface area (Å²) in [6.07, 6.45) is -1.08. The number of amides is 1. The normalized spacial score (nSPS) is 11.3. The smallest absolute Gasteiger partial charge is 0.310 e. The summed E-state index contributed by atoms with van der Waals surface area (Å²) in [5.74, 6) is 0.147. The van der Waals surface area contributed by atoms with Crippen LogP contribution in [0.25, 0.3) is 0 Å². The summed E-state index contributed by atoms with van der Waals surface area (Å²) in [6.45, 7) is 0. The second-order valence-corrected chi connectivity index (χ2v) is 5.85. The van der Waals surface area contributed by atoms with Crippen LogP contribution in [-0.2, 0) is 4.79 Å². The highest BCUT2D eigenvalue weighted by Gasteiger charge is 2.26. The minimum atomic E-state index is -1.08. The molecular formula is C21H18N2O5. The van der Waals surface area contributed by atoms with E-state index < -0.39 is 16.9 Å². The predicted molar refractivity (Wildman–Crippen MR) is 105 cm³/mol. The zero-order valence-corrected chi connectivity index (χ0v) is 15.1. The summed E-state index contributed by atoms with van der Waals surface area (Å²) in [4.78, 5) is 23.7. The first-order valence-electron chi connectivity index (χ1n) is 8.48. The van der Waals surface area contributed by atoms with Crippen LogP contribution in [0.2, 0.25) is 0 Å². The Bertz CT molecular complexity index is 975. The number of rotatable bonds is 7. The van der Waals surface area contributed by atoms with Gasteiger partial charge < -0.3 is 14.8 Å². The highest BCUT2D eigenvalue weighted by Crippen LogP contribution is 2.31. The van der Waals surface area contributed by atoms with Crippen molar-refractivity contribution >= 4 is 17.3 Å². The Morgan fingerprint density at radius 2 is 1.71 bits per heavy atom. The Hall–Kier alpha value is -3.87. The Kier molecular flexibility index (Phi) is 5.86. The fourth-order valence-corrected chi connectivity index (χ4v) is 2.64. The van der Waals surface area contributed by atoms with Crippen molar-refractivity contribution in [3.8, 4) is 11.5 Å². The largest absolute Gasteiger partial charge is 0.497 e. The molecule has 0 unspecified atom stereocenters. The number of nitro benzene ring substituents is 1. The third-order valence-corrected chi connectivity index (χ3v) is 3.98. The fraction of sp³-hybridized carbons (Fsp3) is 0.0952. The van der Waals surface area contributed by atoms with E-state index in [1.54, 1.807) is 60.7 Å². The average molecular weight is 378 g/mol. The third kappa shape index (κ3) is 4.45. The van der Waals surface area contributed by atoms with Crippen LogP contribution in [0.1, 0.15) is 11.7 Å². The van der Waals surface area contributed by atoms with Crippen LogP contribution in [0, 0.1) is 10.1 Å². The number of hydrogen-bond donors (Lipinski definition) is 1. The summed E-state index contributed by atoms with van der Waals surface area (Å²) >= 11 is 0. The highest BCUT2D eigenvalue weighted by molar-refractivity contribution is 5.95. The van der Waals surface area contributed by atoms with Gasteiger partial charge in [0.05, 0.1) is 12.0 Å². The van der Waals surface area contributed by atoms with Crippen molar-refractivity contribution in [1.82, 2.24) is 0 Å². The van der Waals surface area contributed by atoms with Crippen molar-refractivity contribution in [2.45, 2.75) is 6.10 Å². The molecule has 3 aromatic carbocycles. The van der Waals surface area contributed by atoms with Gasteiger partial charge in [-0.15, -0.1) is 0 Å². The number of nitro groups is 1. The zero-order valence-electron chi connectivity index (χ0n) is 15.1. The van der Waals surface area contributed by atoms with E-state index in [2.05, 4.69) is 5.32 Å². The molecule has 28 heavy (non-hydrogen) atoms. The van der Waals surface area contributed by atoms with Crippen LogP contribution in [0.4, 0.5) is 11.4 Å². The van der Waals surface area contributed by atoms with Crippen molar-refractivity contribution in [2.75, 3.05) is 12.4 Å². The predicted octanol–water partition coefficient (Wildman–Crippen LogP) is 4.36. The molecule has 142 valence electrons. The topological polar surface area (TPSA) is 90.7 Å². The molecule has 1 atom stereocenters. The van der Waals surface area contributed by atoms with Crippen LogP contribution in [0.3, 0.4) is 0 Å². The number of methoxy groups -OCH3 is 1. The van der Waals surface area contributed by atoms with Gasteiger partial charge in [-0.05, 0) is 18.2 Å². The molecule has 0 saturated heterocycles. The van der Waals surface area contributed by atoms with E-state index in [4.69, 9.17) is 9.47 Å². The van der Waals surface area contributed by atoms with E-state index >= 15 is 0 Å². The highest BCUT2D eigenvalue weighted by atomic mass is 16.6. The maximum atomic E-state index is 13.0. The molecule has 0 radical (unpaired) electrons. The molecule has 7 heteroatoms. The first-order valence-corrected chi connectivity index (χ1v) is 8.48. The molecule has 0 aliphatic carbocycles. The zero-order chi connectivity index (χ0) is 19.9. The second-order valence-electron chi connectivity index (χ2n) is 5.85. The van der Waals surface area contributed by atoms with Gasteiger partial charge in [0.25, 0.3) is 5.91 Å². The minimum absolute atomic E-state index is 0.0159. The Morgan fingerprint density at radius 3 is 2.43 bits per heavy atom. The lowest BCUT2D eigenvalue weighted by Crippen LogP contribution is -2.26. The van der Waals surface area contributed by atoms with Crippen LogP contribution >= 0.6 is 0 Å². The van der Waals surface area contributed by atoms with E-state index in [1.807, 2.05) is 6.07 Å². The number of nitrogens with one attached hydrogen (secondary N) is 1.